The van der Waals surface area contributed by atoms with Crippen molar-refractivity contribution < 1.29 is 22.7 Å². The molecule has 1 aliphatic carbocycles. The monoisotopic (exact) mass is 399 g/mol. The van der Waals surface area contributed by atoms with Gasteiger partial charge in [0.25, 0.3) is 5.91 Å². The second-order valence-corrected chi connectivity index (χ2v) is 10.6. The van der Waals surface area contributed by atoms with Gasteiger partial charge in [0, 0.05) is 10.9 Å². The molecule has 144 valence electrons. The molecule has 1 N–H and O–H groups in total. The van der Waals surface area contributed by atoms with Crippen molar-refractivity contribution in [2.24, 2.45) is 5.92 Å². The molecule has 2 aliphatic rings. The van der Waals surface area contributed by atoms with E-state index in [1.807, 2.05) is 6.07 Å². The highest BCUT2D eigenvalue weighted by Crippen LogP contribution is 2.33. The van der Waals surface area contributed by atoms with E-state index in [0.29, 0.717) is 17.2 Å². The van der Waals surface area contributed by atoms with Crippen LogP contribution in [0.1, 0.15) is 53.2 Å². The Morgan fingerprint density at radius 3 is 2.81 bits per heavy atom. The van der Waals surface area contributed by atoms with Crippen molar-refractivity contribution in [3.05, 3.63) is 21.4 Å². The van der Waals surface area contributed by atoms with E-state index in [1.165, 1.54) is 28.7 Å². The minimum atomic E-state index is -3.06. The third-order valence-corrected chi connectivity index (χ3v) is 8.18. The Morgan fingerprint density at radius 1 is 1.38 bits per heavy atom. The lowest BCUT2D eigenvalue weighted by Crippen LogP contribution is -2.42. The molecular formula is C18H25NO5S2. The number of amides is 1. The molecule has 0 spiro atoms. The van der Waals surface area contributed by atoms with Gasteiger partial charge in [0.1, 0.15) is 4.88 Å². The standard InChI is InChI=1S/C18H25NO5S2/c1-3-12-4-5-15-13(8-12)9-16(25-15)18(21)24-11(2)17(20)19-14-6-7-26(22,23)10-14/h9,11-12,14H,3-8,10H2,1-2H3,(H,19,20)/t11-,12+,14+/m0/s1. The van der Waals surface area contributed by atoms with Crippen LogP contribution in [0.2, 0.25) is 0 Å². The molecule has 0 saturated carbocycles. The van der Waals surface area contributed by atoms with Gasteiger partial charge in [-0.1, -0.05) is 13.3 Å². The quantitative estimate of drug-likeness (QED) is 0.766. The Hall–Kier alpha value is -1.41. The molecule has 1 fully saturated rings. The highest BCUT2D eigenvalue weighted by Gasteiger charge is 2.31. The average molecular weight is 400 g/mol. The SMILES string of the molecule is CC[C@@H]1CCc2sc(C(=O)O[C@@H](C)C(=O)N[C@@H]3CCS(=O)(=O)C3)cc2C1. The second-order valence-electron chi connectivity index (χ2n) is 7.23. The number of carbonyl (C=O) groups is 2. The molecule has 0 aromatic carbocycles. The number of ether oxygens (including phenoxy) is 1. The van der Waals surface area contributed by atoms with Crippen LogP contribution in [0.4, 0.5) is 0 Å². The Kier molecular flexibility index (Phi) is 5.72. The topological polar surface area (TPSA) is 89.5 Å². The highest BCUT2D eigenvalue weighted by molar-refractivity contribution is 7.91. The Bertz CT molecular complexity index is 799. The van der Waals surface area contributed by atoms with Gasteiger partial charge in [-0.05, 0) is 50.2 Å². The summed E-state index contributed by atoms with van der Waals surface area (Å²) < 4.78 is 28.2. The van der Waals surface area contributed by atoms with Gasteiger partial charge in [-0.15, -0.1) is 11.3 Å². The predicted octanol–water partition coefficient (Wildman–Crippen LogP) is 2.11. The lowest BCUT2D eigenvalue weighted by atomic mass is 9.87. The first-order valence-electron chi connectivity index (χ1n) is 9.10. The van der Waals surface area contributed by atoms with E-state index in [4.69, 9.17) is 4.74 Å². The Labute approximate surface area is 158 Å². The lowest BCUT2D eigenvalue weighted by Gasteiger charge is -2.19. The van der Waals surface area contributed by atoms with Crippen LogP contribution in [0.5, 0.6) is 0 Å². The maximum Gasteiger partial charge on any atom is 0.349 e. The van der Waals surface area contributed by atoms with Crippen LogP contribution in [0.3, 0.4) is 0 Å². The first kappa shape index (κ1) is 19.4. The zero-order valence-corrected chi connectivity index (χ0v) is 16.7. The van der Waals surface area contributed by atoms with Crippen molar-refractivity contribution >= 4 is 33.1 Å². The van der Waals surface area contributed by atoms with E-state index < -0.39 is 33.9 Å². The molecule has 1 amide bonds. The molecule has 1 aliphatic heterocycles. The summed E-state index contributed by atoms with van der Waals surface area (Å²) in [5.74, 6) is -0.221. The summed E-state index contributed by atoms with van der Waals surface area (Å²) in [5.41, 5.74) is 1.23. The molecule has 8 heteroatoms. The summed E-state index contributed by atoms with van der Waals surface area (Å²) in [6, 6.07) is 1.51. The molecular weight excluding hydrogens is 374 g/mol. The fourth-order valence-corrected chi connectivity index (χ4v) is 6.31. The predicted molar refractivity (Wildman–Crippen MR) is 100 cm³/mol. The Morgan fingerprint density at radius 2 is 2.15 bits per heavy atom. The number of aryl methyl sites for hydroxylation is 1. The lowest BCUT2D eigenvalue weighted by molar-refractivity contribution is -0.129. The second kappa shape index (κ2) is 7.68. The van der Waals surface area contributed by atoms with Gasteiger partial charge >= 0.3 is 5.97 Å². The van der Waals surface area contributed by atoms with Crippen molar-refractivity contribution in [3.63, 3.8) is 0 Å². The van der Waals surface area contributed by atoms with Gasteiger partial charge in [0.15, 0.2) is 15.9 Å². The summed E-state index contributed by atoms with van der Waals surface area (Å²) in [6.07, 6.45) is 3.75. The van der Waals surface area contributed by atoms with E-state index in [9.17, 15) is 18.0 Å². The van der Waals surface area contributed by atoms with E-state index in [2.05, 4.69) is 12.2 Å². The van der Waals surface area contributed by atoms with Gasteiger partial charge in [-0.25, -0.2) is 13.2 Å². The van der Waals surface area contributed by atoms with Crippen molar-refractivity contribution in [3.8, 4) is 0 Å². The molecule has 0 unspecified atom stereocenters. The van der Waals surface area contributed by atoms with E-state index in [1.54, 1.807) is 0 Å². The maximum absolute atomic E-state index is 12.4. The molecule has 0 radical (unpaired) electrons. The van der Waals surface area contributed by atoms with Crippen molar-refractivity contribution in [2.75, 3.05) is 11.5 Å². The summed E-state index contributed by atoms with van der Waals surface area (Å²) in [5, 5.41) is 2.66. The van der Waals surface area contributed by atoms with Gasteiger partial charge in [0.2, 0.25) is 0 Å². The number of hydrogen-bond donors (Lipinski definition) is 1. The van der Waals surface area contributed by atoms with Crippen LogP contribution in [-0.4, -0.2) is 43.9 Å². The molecule has 26 heavy (non-hydrogen) atoms. The smallest absolute Gasteiger partial charge is 0.349 e. The van der Waals surface area contributed by atoms with Gasteiger partial charge < -0.3 is 10.1 Å². The number of rotatable bonds is 5. The zero-order chi connectivity index (χ0) is 18.9. The first-order valence-corrected chi connectivity index (χ1v) is 11.7. The van der Waals surface area contributed by atoms with Crippen molar-refractivity contribution in [2.45, 2.75) is 58.1 Å². The van der Waals surface area contributed by atoms with Crippen LogP contribution in [0.15, 0.2) is 6.07 Å². The zero-order valence-electron chi connectivity index (χ0n) is 15.1. The van der Waals surface area contributed by atoms with Crippen LogP contribution in [-0.2, 0) is 32.2 Å². The molecule has 3 atom stereocenters. The molecule has 1 aromatic rings. The number of esters is 1. The summed E-state index contributed by atoms with van der Waals surface area (Å²) in [4.78, 5) is 26.3. The van der Waals surface area contributed by atoms with Gasteiger partial charge in [-0.3, -0.25) is 4.79 Å². The minimum Gasteiger partial charge on any atom is -0.448 e. The first-order chi connectivity index (χ1) is 12.3. The van der Waals surface area contributed by atoms with Crippen LogP contribution in [0.25, 0.3) is 0 Å². The summed E-state index contributed by atoms with van der Waals surface area (Å²) in [6.45, 7) is 3.70. The number of fused-ring (bicyclic) bond motifs is 1. The molecule has 3 rings (SSSR count). The third kappa shape index (κ3) is 4.46. The van der Waals surface area contributed by atoms with Crippen molar-refractivity contribution in [1.29, 1.82) is 0 Å². The number of carbonyl (C=O) groups excluding carboxylic acids is 2. The fraction of sp³-hybridized carbons (Fsp3) is 0.667. The van der Waals surface area contributed by atoms with Gasteiger partial charge in [-0.2, -0.15) is 0 Å². The van der Waals surface area contributed by atoms with Crippen LogP contribution < -0.4 is 5.32 Å². The van der Waals surface area contributed by atoms with E-state index >= 15 is 0 Å². The van der Waals surface area contributed by atoms with Gasteiger partial charge in [0.05, 0.1) is 11.5 Å². The van der Waals surface area contributed by atoms with Crippen LogP contribution in [0, 0.1) is 5.92 Å². The molecule has 1 aromatic heterocycles. The minimum absolute atomic E-state index is 0.0460. The fourth-order valence-electron chi connectivity index (χ4n) is 3.55. The Balaban J connectivity index is 1.56. The third-order valence-electron chi connectivity index (χ3n) is 5.20. The average Bonchev–Trinajstić information content (AvgIpc) is 3.16. The molecule has 1 saturated heterocycles. The van der Waals surface area contributed by atoms with Crippen molar-refractivity contribution in [1.82, 2.24) is 5.32 Å². The number of sulfone groups is 1. The number of nitrogens with one attached hydrogen (secondary N) is 1. The molecule has 2 heterocycles. The van der Waals surface area contributed by atoms with E-state index in [0.717, 1.165) is 25.7 Å². The van der Waals surface area contributed by atoms with E-state index in [-0.39, 0.29) is 11.5 Å². The highest BCUT2D eigenvalue weighted by atomic mass is 32.2. The summed E-state index contributed by atoms with van der Waals surface area (Å²) >= 11 is 1.46. The number of thiophene rings is 1. The summed E-state index contributed by atoms with van der Waals surface area (Å²) in [7, 11) is -3.06. The largest absolute Gasteiger partial charge is 0.448 e. The molecule has 6 nitrogen and oxygen atoms in total. The molecule has 0 bridgehead atoms. The number of hydrogen-bond acceptors (Lipinski definition) is 6. The maximum atomic E-state index is 12.4. The van der Waals surface area contributed by atoms with Crippen LogP contribution >= 0.6 is 11.3 Å². The normalized spacial score (nSPS) is 25.3.